The van der Waals surface area contributed by atoms with Crippen molar-refractivity contribution in [3.05, 3.63) is 179 Å². The molecule has 66 heavy (non-hydrogen) atoms. The van der Waals surface area contributed by atoms with Gasteiger partial charge in [-0.05, 0) is 92.6 Å². The normalized spacial score (nSPS) is 15.7. The van der Waals surface area contributed by atoms with Crippen molar-refractivity contribution in [2.45, 2.75) is 63.3 Å². The van der Waals surface area contributed by atoms with Crippen LogP contribution in [0.2, 0.25) is 0 Å². The Morgan fingerprint density at radius 3 is 1.52 bits per heavy atom. The maximum absolute atomic E-state index is 13.8. The highest BCUT2D eigenvalue weighted by molar-refractivity contribution is 5.96. The van der Waals surface area contributed by atoms with Gasteiger partial charge >= 0.3 is 5.97 Å². The highest BCUT2D eigenvalue weighted by atomic mass is 16.5. The molecule has 9 rings (SSSR count). The predicted molar refractivity (Wildman–Crippen MR) is 246 cm³/mol. The van der Waals surface area contributed by atoms with Gasteiger partial charge in [0.05, 0.1) is 16.9 Å². The molecule has 0 bridgehead atoms. The number of nitrogens with one attached hydrogen (secondary N) is 1. The third-order valence-electron chi connectivity index (χ3n) is 12.8. The molecule has 3 amide bonds. The number of amides is 3. The number of benzene rings is 5. The van der Waals surface area contributed by atoms with E-state index in [2.05, 4.69) is 25.6 Å². The van der Waals surface area contributed by atoms with Crippen LogP contribution in [0.5, 0.6) is 0 Å². The number of carboxylic acid groups (broad SMARTS) is 1. The fourth-order valence-electron chi connectivity index (χ4n) is 8.84. The minimum absolute atomic E-state index is 0.00177. The van der Waals surface area contributed by atoms with E-state index in [1.807, 2.05) is 115 Å². The number of aryl methyl sites for hydroxylation is 2. The Labute approximate surface area is 382 Å². The Kier molecular flexibility index (Phi) is 13.3. The van der Waals surface area contributed by atoms with E-state index in [1.165, 1.54) is 0 Å². The molecule has 14 nitrogen and oxygen atoms in total. The zero-order chi connectivity index (χ0) is 46.3. The fourth-order valence-corrected chi connectivity index (χ4v) is 8.84. The molecule has 4 heterocycles. The van der Waals surface area contributed by atoms with E-state index in [4.69, 9.17) is 9.05 Å². The van der Waals surface area contributed by atoms with Gasteiger partial charge in [0.2, 0.25) is 17.6 Å². The molecule has 14 heteroatoms. The van der Waals surface area contributed by atoms with Crippen molar-refractivity contribution in [1.29, 1.82) is 0 Å². The minimum Gasteiger partial charge on any atom is -0.481 e. The lowest BCUT2D eigenvalue weighted by molar-refractivity contribution is -0.145. The molecular formula is C52H51N7O7. The zero-order valence-corrected chi connectivity index (χ0v) is 37.1. The number of aromatic nitrogens is 4. The van der Waals surface area contributed by atoms with Crippen molar-refractivity contribution in [3.8, 4) is 22.8 Å². The summed E-state index contributed by atoms with van der Waals surface area (Å²) in [5.41, 5.74) is 3.88. The number of carboxylic acids is 1. The molecule has 0 aliphatic carbocycles. The van der Waals surface area contributed by atoms with Crippen LogP contribution in [0.3, 0.4) is 0 Å². The van der Waals surface area contributed by atoms with Gasteiger partial charge in [-0.1, -0.05) is 113 Å². The van der Waals surface area contributed by atoms with Gasteiger partial charge in [-0.15, -0.1) is 0 Å². The average Bonchev–Trinajstić information content (AvgIpc) is 4.02. The highest BCUT2D eigenvalue weighted by Gasteiger charge is 2.45. The summed E-state index contributed by atoms with van der Waals surface area (Å²) in [6.07, 6.45) is 1.88. The lowest BCUT2D eigenvalue weighted by atomic mass is 9.71. The maximum Gasteiger partial charge on any atom is 0.314 e. The molecule has 5 aromatic carbocycles. The molecule has 2 N–H and O–H groups in total. The van der Waals surface area contributed by atoms with Crippen molar-refractivity contribution in [2.75, 3.05) is 26.2 Å². The predicted octanol–water partition coefficient (Wildman–Crippen LogP) is 8.40. The van der Waals surface area contributed by atoms with E-state index < -0.39 is 16.8 Å². The van der Waals surface area contributed by atoms with Gasteiger partial charge in [-0.2, -0.15) is 9.97 Å². The maximum atomic E-state index is 13.8. The number of likely N-dealkylation sites (tertiary alicyclic amines) is 2. The molecule has 0 saturated carbocycles. The van der Waals surface area contributed by atoms with Crippen molar-refractivity contribution in [2.24, 2.45) is 0 Å². The standard InChI is InChI=1S/C30H30N4O3.C22H21N3O4/c1-21(23-9-5-3-6-10-23)31-29(36)30(26-11-7-4-8-12-26)17-19-34(20-18-30)28(35)25-15-13-24(14-16-25)27-32-22(2)37-33-27;1-15-23-19(29-24-15)16-7-9-17(10-8-16)20(26)25-13-11-22(12-14-25,21(27)28)18-5-3-2-4-6-18/h3-16,21H,17-20H2,1-2H3,(H,31,36);2-10H,11-14H2,1H3,(H,27,28)/t21-;/m0./s1. The number of carbonyl (C=O) groups is 4. The second-order valence-corrected chi connectivity index (χ2v) is 16.8. The van der Waals surface area contributed by atoms with Crippen molar-refractivity contribution in [1.82, 2.24) is 35.4 Å². The molecule has 2 aromatic heterocycles. The van der Waals surface area contributed by atoms with Crippen molar-refractivity contribution < 1.29 is 33.3 Å². The van der Waals surface area contributed by atoms with E-state index in [-0.39, 0.29) is 23.8 Å². The van der Waals surface area contributed by atoms with Crippen LogP contribution in [-0.4, -0.2) is 85.1 Å². The molecule has 2 aliphatic rings. The topological polar surface area (TPSA) is 185 Å². The smallest absolute Gasteiger partial charge is 0.314 e. The zero-order valence-electron chi connectivity index (χ0n) is 37.1. The summed E-state index contributed by atoms with van der Waals surface area (Å²) in [7, 11) is 0. The first kappa shape index (κ1) is 44.9. The van der Waals surface area contributed by atoms with Crippen LogP contribution in [-0.2, 0) is 20.4 Å². The van der Waals surface area contributed by atoms with Crippen LogP contribution in [0.25, 0.3) is 22.8 Å². The first-order valence-electron chi connectivity index (χ1n) is 22.1. The molecule has 1 atom stereocenters. The molecule has 2 aliphatic heterocycles. The van der Waals surface area contributed by atoms with Gasteiger partial charge in [-0.3, -0.25) is 19.2 Å². The number of rotatable bonds is 10. The summed E-state index contributed by atoms with van der Waals surface area (Å²) in [4.78, 5) is 64.0. The van der Waals surface area contributed by atoms with E-state index in [0.717, 1.165) is 27.8 Å². The minimum atomic E-state index is -0.947. The Bertz CT molecular complexity index is 2760. The van der Waals surface area contributed by atoms with E-state index in [0.29, 0.717) is 86.4 Å². The number of aliphatic carboxylic acids is 1. The molecule has 336 valence electrons. The van der Waals surface area contributed by atoms with E-state index in [9.17, 15) is 24.3 Å². The Hall–Kier alpha value is -7.74. The Morgan fingerprint density at radius 1 is 0.591 bits per heavy atom. The Balaban J connectivity index is 0.000000185. The number of hydrogen-bond donors (Lipinski definition) is 2. The first-order valence-corrected chi connectivity index (χ1v) is 22.1. The van der Waals surface area contributed by atoms with Crippen LogP contribution in [0.15, 0.2) is 149 Å². The molecule has 2 saturated heterocycles. The van der Waals surface area contributed by atoms with Crippen LogP contribution in [0.4, 0.5) is 0 Å². The number of carbonyl (C=O) groups excluding carboxylic acids is 3. The molecule has 0 radical (unpaired) electrons. The van der Waals surface area contributed by atoms with Crippen LogP contribution < -0.4 is 5.32 Å². The summed E-state index contributed by atoms with van der Waals surface area (Å²) in [5.74, 6) is 0.964. The van der Waals surface area contributed by atoms with E-state index in [1.54, 1.807) is 55.1 Å². The number of piperidine rings is 2. The molecule has 2 fully saturated rings. The van der Waals surface area contributed by atoms with Gasteiger partial charge < -0.3 is 29.3 Å². The van der Waals surface area contributed by atoms with Crippen molar-refractivity contribution >= 4 is 23.7 Å². The van der Waals surface area contributed by atoms with Gasteiger partial charge in [0.15, 0.2) is 5.82 Å². The molecule has 0 spiro atoms. The van der Waals surface area contributed by atoms with Gasteiger partial charge in [0.25, 0.3) is 17.7 Å². The lowest BCUT2D eigenvalue weighted by Crippen LogP contribution is -2.53. The highest BCUT2D eigenvalue weighted by Crippen LogP contribution is 2.38. The molecule has 7 aromatic rings. The summed E-state index contributed by atoms with van der Waals surface area (Å²) < 4.78 is 10.2. The average molecular weight is 886 g/mol. The van der Waals surface area contributed by atoms with Gasteiger partial charge in [-0.25, -0.2) is 0 Å². The van der Waals surface area contributed by atoms with Crippen LogP contribution >= 0.6 is 0 Å². The van der Waals surface area contributed by atoms with Gasteiger partial charge in [0.1, 0.15) is 0 Å². The SMILES string of the molecule is Cc1nc(-c2ccc(C(=O)N3CCC(C(=O)N[C@@H](C)c4ccccc4)(c4ccccc4)CC3)cc2)no1.Cc1noc(-c2ccc(C(=O)N3CCC(C(=O)O)(c4ccccc4)CC3)cc2)n1. The van der Waals surface area contributed by atoms with Gasteiger partial charge in [0, 0.05) is 55.4 Å². The number of nitrogens with zero attached hydrogens (tertiary/aromatic N) is 6. The fraction of sp³-hybridized carbons (Fsp3) is 0.269. The first-order chi connectivity index (χ1) is 32.0. The second kappa shape index (κ2) is 19.6. The van der Waals surface area contributed by atoms with Crippen LogP contribution in [0.1, 0.15) is 87.8 Å². The van der Waals surface area contributed by atoms with Crippen LogP contribution in [0, 0.1) is 13.8 Å². The third-order valence-corrected chi connectivity index (χ3v) is 12.8. The summed E-state index contributed by atoms with van der Waals surface area (Å²) >= 11 is 0. The monoisotopic (exact) mass is 885 g/mol. The molecular weight excluding hydrogens is 835 g/mol. The largest absolute Gasteiger partial charge is 0.481 e. The second-order valence-electron chi connectivity index (χ2n) is 16.8. The summed E-state index contributed by atoms with van der Waals surface area (Å²) in [6.45, 7) is 7.26. The summed E-state index contributed by atoms with van der Waals surface area (Å²) in [5, 5.41) is 20.8. The quantitative estimate of drug-likeness (QED) is 0.134. The molecule has 0 unspecified atom stereocenters. The lowest BCUT2D eigenvalue weighted by Gasteiger charge is -2.41. The third kappa shape index (κ3) is 9.53. The van der Waals surface area contributed by atoms with Crippen molar-refractivity contribution in [3.63, 3.8) is 0 Å². The summed E-state index contributed by atoms with van der Waals surface area (Å²) in [6, 6.07) is 43.3. The number of hydrogen-bond acceptors (Lipinski definition) is 10. The Morgan fingerprint density at radius 2 is 1.06 bits per heavy atom. The van der Waals surface area contributed by atoms with E-state index >= 15 is 0 Å².